The smallest absolute Gasteiger partial charge is 0.414 e. The van der Waals surface area contributed by atoms with E-state index in [-0.39, 0.29) is 89.6 Å². The second-order valence-electron chi connectivity index (χ2n) is 20.9. The average molecular weight is 883 g/mol. The van der Waals surface area contributed by atoms with Gasteiger partial charge >= 0.3 is 6.09 Å². The molecule has 1 amide bonds. The van der Waals surface area contributed by atoms with Gasteiger partial charge in [-0.3, -0.25) is 19.4 Å². The maximum Gasteiger partial charge on any atom is 0.414 e. The molecule has 1 aliphatic heterocycles. The fourth-order valence-corrected chi connectivity index (χ4v) is 10.8. The van der Waals surface area contributed by atoms with E-state index in [9.17, 15) is 9.90 Å². The van der Waals surface area contributed by atoms with E-state index in [0.717, 1.165) is 12.8 Å². The summed E-state index contributed by atoms with van der Waals surface area (Å²) in [6.07, 6.45) is 3.21. The summed E-state index contributed by atoms with van der Waals surface area (Å²) >= 11 is 0. The summed E-state index contributed by atoms with van der Waals surface area (Å²) < 4.78 is 49.6. The van der Waals surface area contributed by atoms with Crippen molar-refractivity contribution < 1.29 is 47.0 Å². The lowest BCUT2D eigenvalue weighted by atomic mass is 9.57. The number of carbonyl (C=O) groups excluding carboxylic acids is 3. The van der Waals surface area contributed by atoms with Gasteiger partial charge in [-0.05, 0) is 102 Å². The first-order valence-corrected chi connectivity index (χ1v) is 25.6. The number of ether oxygens (including phenoxy) is 3. The van der Waals surface area contributed by atoms with E-state index in [2.05, 4.69) is 24.3 Å². The summed E-state index contributed by atoms with van der Waals surface area (Å²) in [4.78, 5) is 49.2. The zero-order valence-corrected chi connectivity index (χ0v) is 40.6. The van der Waals surface area contributed by atoms with Crippen LogP contribution in [0.2, 0.25) is 18.1 Å². The van der Waals surface area contributed by atoms with Crippen molar-refractivity contribution in [3.05, 3.63) is 39.4 Å². The van der Waals surface area contributed by atoms with Gasteiger partial charge in [-0.15, -0.1) is 0 Å². The molecule has 13 nitrogen and oxygen atoms in total. The quantitative estimate of drug-likeness (QED) is 0.112. The van der Waals surface area contributed by atoms with Crippen molar-refractivity contribution >= 4 is 37.4 Å². The average Bonchev–Trinajstić information content (AvgIpc) is 3.47. The van der Waals surface area contributed by atoms with Crippen molar-refractivity contribution in [1.82, 2.24) is 15.4 Å². The zero-order valence-electron chi connectivity index (χ0n) is 39.6. The Morgan fingerprint density at radius 1 is 1.03 bits per heavy atom. The van der Waals surface area contributed by atoms with Crippen LogP contribution < -0.4 is 19.7 Å². The molecule has 4 aliphatic rings. The molecule has 0 spiro atoms. The Bertz CT molecular complexity index is 2080. The number of aliphatic hydroxyl groups excluding tert-OH is 1. The fraction of sp³-hybridized carbons (Fsp3) is 0.702. The topological polar surface area (TPSA) is 153 Å². The van der Waals surface area contributed by atoms with Crippen LogP contribution in [0.4, 0.5) is 14.9 Å². The van der Waals surface area contributed by atoms with Crippen LogP contribution in [-0.2, 0) is 26.9 Å². The van der Waals surface area contributed by atoms with Crippen molar-refractivity contribution in [1.29, 1.82) is 0 Å². The van der Waals surface area contributed by atoms with E-state index in [1.807, 2.05) is 66.7 Å². The summed E-state index contributed by atoms with van der Waals surface area (Å²) in [6.45, 7) is 24.4. The molecule has 15 heteroatoms. The monoisotopic (exact) mass is 882 g/mol. The van der Waals surface area contributed by atoms with E-state index in [1.165, 1.54) is 4.90 Å². The Morgan fingerprint density at radius 3 is 2.26 bits per heavy atom. The number of hydrogen-bond donors (Lipinski definition) is 2. The summed E-state index contributed by atoms with van der Waals surface area (Å²) in [5, 5.41) is 20.2. The molecule has 1 aromatic carbocycles. The second kappa shape index (κ2) is 17.6. The minimum Gasteiger partial charge on any atom is -0.507 e. The predicted octanol–water partition coefficient (Wildman–Crippen LogP) is 9.72. The summed E-state index contributed by atoms with van der Waals surface area (Å²) in [7, 11) is 0.724. The highest BCUT2D eigenvalue weighted by Gasteiger charge is 2.69. The molecule has 6 rings (SSSR count). The Morgan fingerprint density at radius 2 is 1.68 bits per heavy atom. The number of aliphatic hydroxyl groups is 1. The summed E-state index contributed by atoms with van der Waals surface area (Å²) in [6, 6.07) is -0.877. The molecule has 3 aliphatic carbocycles. The number of unbranched alkanes of at least 4 members (excludes halogenated alkanes) is 2. The number of benzene rings is 1. The third kappa shape index (κ3) is 8.47. The number of halogens is 1. The Hall–Kier alpha value is -3.79. The van der Waals surface area contributed by atoms with E-state index in [1.54, 1.807) is 20.8 Å². The van der Waals surface area contributed by atoms with Gasteiger partial charge in [0.05, 0.1) is 30.5 Å². The van der Waals surface area contributed by atoms with Crippen molar-refractivity contribution in [3.8, 4) is 11.6 Å². The number of ketones is 2. The van der Waals surface area contributed by atoms with Gasteiger partial charge in [-0.25, -0.2) is 9.18 Å². The van der Waals surface area contributed by atoms with E-state index < -0.39 is 71.7 Å². The number of nitrogens with one attached hydrogen (secondary N) is 1. The lowest BCUT2D eigenvalue weighted by Gasteiger charge is -2.55. The predicted molar refractivity (Wildman–Crippen MR) is 239 cm³/mol. The summed E-state index contributed by atoms with van der Waals surface area (Å²) in [5.74, 6) is -3.20. The zero-order chi connectivity index (χ0) is 45.9. The van der Waals surface area contributed by atoms with E-state index >= 15 is 14.0 Å². The molecule has 0 saturated heterocycles. The van der Waals surface area contributed by atoms with Crippen molar-refractivity contribution in [2.45, 2.75) is 162 Å². The molecule has 344 valence electrons. The van der Waals surface area contributed by atoms with E-state index in [0.29, 0.717) is 31.6 Å². The first-order chi connectivity index (χ1) is 28.9. The van der Waals surface area contributed by atoms with Crippen LogP contribution in [0.1, 0.15) is 147 Å². The molecule has 5 atom stereocenters. The molecule has 0 unspecified atom stereocenters. The largest absolute Gasteiger partial charge is 0.507 e. The lowest BCUT2D eigenvalue weighted by molar-refractivity contribution is -0.140. The number of fused-ring (bicyclic) bond motifs is 5. The molecule has 62 heavy (non-hydrogen) atoms. The SMILES string of the molecule is CCCCOc1noc2c1C(=O)[C@@]1(O[Si](C)(C)C(C)(C)C)C(=O)C3=C(O)c4c(c(F)c5c(c4OCCCC)N(C(=O)OC(C)(C)C)C[C@@H](CC(C)C)NC5)C[C@H]3C[C@H]1[C@@H]2N(C)C. The molecular formula is C47H71FN4O9Si. The third-order valence-corrected chi connectivity index (χ3v) is 17.8. The highest BCUT2D eigenvalue weighted by atomic mass is 28.4. The maximum atomic E-state index is 17.7. The second-order valence-corrected chi connectivity index (χ2v) is 25.6. The molecular weight excluding hydrogens is 812 g/mol. The van der Waals surface area contributed by atoms with Gasteiger partial charge in [0.1, 0.15) is 22.7 Å². The number of Topliss-reactive ketones (excluding diaryl/α,β-unsaturated/α-hetero) is 2. The fourth-order valence-electron chi connectivity index (χ4n) is 9.40. The van der Waals surface area contributed by atoms with Crippen LogP contribution in [-0.4, -0.2) is 92.2 Å². The van der Waals surface area contributed by atoms with Crippen LogP contribution in [0, 0.1) is 23.6 Å². The standard InChI is InChI=1S/C47H71FN4O9Si/c1-15-17-19-57-39-33-29(35(48)30-24-49-28(21-26(3)4)25-52(36(30)39)44(56)59-45(5,6)7)22-27-23-31-37(51(11)12)40-34(43(50-60-40)58-20-18-16-2)42(55)47(31,41(54)32(27)38(33)53)61-62(13,14)46(8,9)10/h26-28,31,37,49,53H,15-25H2,1-14H3/t27-,28+,31-,37-,47-/m0/s1. The van der Waals surface area contributed by atoms with Gasteiger partial charge in [0.25, 0.3) is 5.88 Å². The van der Waals surface area contributed by atoms with Crippen LogP contribution in [0.25, 0.3) is 5.76 Å². The van der Waals surface area contributed by atoms with Gasteiger partial charge in [0.2, 0.25) is 11.6 Å². The number of nitrogens with zero attached hydrogens (tertiary/aromatic N) is 3. The number of rotatable bonds is 13. The first-order valence-electron chi connectivity index (χ1n) is 22.7. The number of anilines is 1. The Labute approximate surface area is 368 Å². The number of aromatic nitrogens is 1. The third-order valence-electron chi connectivity index (χ3n) is 13.3. The minimum absolute atomic E-state index is 0.00654. The Kier molecular flexibility index (Phi) is 13.6. The van der Waals surface area contributed by atoms with Crippen LogP contribution >= 0.6 is 0 Å². The van der Waals surface area contributed by atoms with Gasteiger partial charge in [-0.2, -0.15) is 0 Å². The molecule has 2 N–H and O–H groups in total. The Balaban J connectivity index is 1.64. The summed E-state index contributed by atoms with van der Waals surface area (Å²) in [5.41, 5.74) is -2.35. The van der Waals surface area contributed by atoms with Crippen LogP contribution in [0.5, 0.6) is 11.6 Å². The highest BCUT2D eigenvalue weighted by molar-refractivity contribution is 6.74. The lowest BCUT2D eigenvalue weighted by Crippen LogP contribution is -2.68. The molecule has 0 bridgehead atoms. The van der Waals surface area contributed by atoms with Crippen LogP contribution in [0.3, 0.4) is 0 Å². The van der Waals surface area contributed by atoms with Gasteiger partial charge in [-0.1, -0.05) is 61.3 Å². The number of carbonyl (C=O) groups is 3. The normalized spacial score (nSPS) is 24.0. The van der Waals surface area contributed by atoms with Gasteiger partial charge in [0.15, 0.2) is 25.4 Å². The molecule has 1 fully saturated rings. The molecule has 2 heterocycles. The van der Waals surface area contributed by atoms with Gasteiger partial charge in [0, 0.05) is 41.7 Å². The number of amides is 1. The number of hydrogen-bond acceptors (Lipinski definition) is 12. The molecule has 2 aromatic rings. The molecule has 1 aromatic heterocycles. The minimum atomic E-state index is -2.99. The van der Waals surface area contributed by atoms with Crippen LogP contribution in [0.15, 0.2) is 10.1 Å². The van der Waals surface area contributed by atoms with Gasteiger partial charge < -0.3 is 33.6 Å². The molecule has 1 saturated carbocycles. The van der Waals surface area contributed by atoms with Crippen molar-refractivity contribution in [3.63, 3.8) is 0 Å². The maximum absolute atomic E-state index is 17.7. The van der Waals surface area contributed by atoms with Crippen molar-refractivity contribution in [2.24, 2.45) is 17.8 Å². The van der Waals surface area contributed by atoms with Crippen molar-refractivity contribution in [2.75, 3.05) is 38.8 Å². The van der Waals surface area contributed by atoms with E-state index in [4.69, 9.17) is 23.2 Å². The first kappa shape index (κ1) is 47.7. The highest BCUT2D eigenvalue weighted by Crippen LogP contribution is 2.60. The molecule has 0 radical (unpaired) electrons.